The second-order valence-corrected chi connectivity index (χ2v) is 13.4. The molecular formula is C23H29F5N6OS2. The predicted molar refractivity (Wildman–Crippen MR) is 133 cm³/mol. The van der Waals surface area contributed by atoms with Crippen LogP contribution in [0.5, 0.6) is 0 Å². The third kappa shape index (κ3) is 5.91. The van der Waals surface area contributed by atoms with Crippen molar-refractivity contribution in [3.63, 3.8) is 0 Å². The van der Waals surface area contributed by atoms with E-state index in [0.29, 0.717) is 38.2 Å². The van der Waals surface area contributed by atoms with Gasteiger partial charge in [0.25, 0.3) is 5.92 Å². The molecule has 37 heavy (non-hydrogen) atoms. The average Bonchev–Trinajstić information content (AvgIpc) is 3.05. The highest BCUT2D eigenvalue weighted by Crippen LogP contribution is 2.53. The van der Waals surface area contributed by atoms with Gasteiger partial charge in [-0.15, -0.1) is 4.72 Å². The van der Waals surface area contributed by atoms with Crippen LogP contribution in [0.15, 0.2) is 34.4 Å². The Kier molecular flexibility index (Phi) is 7.60. The molecule has 2 aromatic heterocycles. The molecule has 2 aromatic rings. The predicted octanol–water partition coefficient (Wildman–Crippen LogP) is 5.06. The molecule has 2 fully saturated rings. The van der Waals surface area contributed by atoms with Gasteiger partial charge in [-0.2, -0.15) is 13.2 Å². The topological polar surface area (TPSA) is 103 Å². The van der Waals surface area contributed by atoms with Crippen molar-refractivity contribution in [3.05, 3.63) is 30.2 Å². The molecule has 0 radical (unpaired) electrons. The molecule has 2 atom stereocenters. The van der Waals surface area contributed by atoms with Crippen LogP contribution in [0.2, 0.25) is 0 Å². The molecule has 204 valence electrons. The Morgan fingerprint density at radius 1 is 1.14 bits per heavy atom. The van der Waals surface area contributed by atoms with E-state index in [1.165, 1.54) is 18.3 Å². The third-order valence-corrected chi connectivity index (χ3v) is 9.47. The van der Waals surface area contributed by atoms with E-state index in [2.05, 4.69) is 19.7 Å². The van der Waals surface area contributed by atoms with Crippen molar-refractivity contribution >= 4 is 34.8 Å². The van der Waals surface area contributed by atoms with Crippen molar-refractivity contribution in [2.75, 3.05) is 23.7 Å². The summed E-state index contributed by atoms with van der Waals surface area (Å²) in [5.74, 6) is -2.58. The maximum Gasteiger partial charge on any atom is 0.434 e. The maximum absolute atomic E-state index is 14.9. The van der Waals surface area contributed by atoms with Crippen LogP contribution >= 0.6 is 11.8 Å². The van der Waals surface area contributed by atoms with Gasteiger partial charge in [0.2, 0.25) is 0 Å². The standard InChI is InChI=1S/C23H29F5N6OS2/c1-20(2,3)37(35)33-19-21(6-7-22(19,24)25)8-11-34(12-9-21)15-13-31-18(17(29)32-15)36-14-5-4-10-30-16(14)23(26,27)28/h4-5,10,13,19,33H,6-9,11-12H2,1-3H3,(H2,29,32). The van der Waals surface area contributed by atoms with E-state index in [1.54, 1.807) is 20.8 Å². The second kappa shape index (κ2) is 10.0. The SMILES string of the molecule is CC(C)(C)[S+]([O-])NC1C(F)(F)CCC12CCN(c1cnc(Sc3cccnc3C(F)(F)F)c(N)n1)CC2. The molecule has 14 heteroatoms. The van der Waals surface area contributed by atoms with Gasteiger partial charge in [-0.1, -0.05) is 11.8 Å². The first kappa shape index (κ1) is 28.1. The van der Waals surface area contributed by atoms with Crippen LogP contribution in [0.1, 0.15) is 52.1 Å². The van der Waals surface area contributed by atoms with Crippen LogP contribution in [-0.2, 0) is 17.5 Å². The summed E-state index contributed by atoms with van der Waals surface area (Å²) in [6.07, 6.45) is -1.21. The highest BCUT2D eigenvalue weighted by Gasteiger charge is 2.61. The molecule has 1 saturated carbocycles. The second-order valence-electron chi connectivity index (χ2n) is 10.4. The van der Waals surface area contributed by atoms with Gasteiger partial charge >= 0.3 is 6.18 Å². The Labute approximate surface area is 219 Å². The molecule has 7 nitrogen and oxygen atoms in total. The van der Waals surface area contributed by atoms with Gasteiger partial charge in [-0.3, -0.25) is 4.98 Å². The van der Waals surface area contributed by atoms with E-state index < -0.39 is 45.4 Å². The Hall–Kier alpha value is -1.90. The molecule has 4 rings (SSSR count). The zero-order valence-electron chi connectivity index (χ0n) is 20.6. The summed E-state index contributed by atoms with van der Waals surface area (Å²) in [5.41, 5.74) is 4.30. The van der Waals surface area contributed by atoms with Crippen LogP contribution < -0.4 is 15.4 Å². The fourth-order valence-electron chi connectivity index (χ4n) is 4.77. The molecular weight excluding hydrogens is 535 g/mol. The van der Waals surface area contributed by atoms with Crippen LogP contribution in [0.3, 0.4) is 0 Å². The highest BCUT2D eigenvalue weighted by atomic mass is 32.2. The van der Waals surface area contributed by atoms with Crippen molar-refractivity contribution in [1.82, 2.24) is 19.7 Å². The zero-order valence-corrected chi connectivity index (χ0v) is 22.2. The molecule has 0 amide bonds. The van der Waals surface area contributed by atoms with Gasteiger partial charge in [0, 0.05) is 42.0 Å². The Morgan fingerprint density at radius 2 is 1.81 bits per heavy atom. The van der Waals surface area contributed by atoms with E-state index in [9.17, 15) is 26.5 Å². The molecule has 3 heterocycles. The summed E-state index contributed by atoms with van der Waals surface area (Å²) < 4.78 is 84.2. The number of hydrogen-bond acceptors (Lipinski definition) is 8. The molecule has 0 bridgehead atoms. The van der Waals surface area contributed by atoms with E-state index in [4.69, 9.17) is 5.73 Å². The first-order valence-electron chi connectivity index (χ1n) is 11.8. The smallest absolute Gasteiger partial charge is 0.434 e. The van der Waals surface area contributed by atoms with Gasteiger partial charge in [0.1, 0.15) is 21.6 Å². The first-order valence-corrected chi connectivity index (χ1v) is 13.7. The number of nitrogens with one attached hydrogen (secondary N) is 1. The van der Waals surface area contributed by atoms with Crippen molar-refractivity contribution in [3.8, 4) is 0 Å². The lowest BCUT2D eigenvalue weighted by molar-refractivity contribution is -0.143. The minimum Gasteiger partial charge on any atom is -0.598 e. The minimum absolute atomic E-state index is 0.0349. The molecule has 3 N–H and O–H groups in total. The van der Waals surface area contributed by atoms with Crippen LogP contribution in [0.4, 0.5) is 33.6 Å². The molecule has 1 aliphatic heterocycles. The largest absolute Gasteiger partial charge is 0.598 e. The number of aromatic nitrogens is 3. The van der Waals surface area contributed by atoms with E-state index in [1.807, 2.05) is 4.90 Å². The lowest BCUT2D eigenvalue weighted by atomic mass is 9.74. The Morgan fingerprint density at radius 3 is 2.41 bits per heavy atom. The lowest BCUT2D eigenvalue weighted by Gasteiger charge is -2.44. The molecule has 2 unspecified atom stereocenters. The number of anilines is 2. The van der Waals surface area contributed by atoms with Crippen molar-refractivity contribution < 1.29 is 26.5 Å². The van der Waals surface area contributed by atoms with Crippen molar-refractivity contribution in [2.45, 2.75) is 79.3 Å². The summed E-state index contributed by atoms with van der Waals surface area (Å²) in [7, 11) is 0. The van der Waals surface area contributed by atoms with E-state index in [0.717, 1.165) is 18.0 Å². The minimum atomic E-state index is -4.63. The fraction of sp³-hybridized carbons (Fsp3) is 0.609. The van der Waals surface area contributed by atoms with Crippen LogP contribution in [0.25, 0.3) is 0 Å². The normalized spacial score (nSPS) is 22.4. The Balaban J connectivity index is 1.47. The molecule has 1 spiro atoms. The quantitative estimate of drug-likeness (QED) is 0.384. The summed E-state index contributed by atoms with van der Waals surface area (Å²) >= 11 is -0.910. The summed E-state index contributed by atoms with van der Waals surface area (Å²) in [5, 5.41) is 0.111. The molecule has 2 aliphatic rings. The van der Waals surface area contributed by atoms with Crippen molar-refractivity contribution in [1.29, 1.82) is 0 Å². The zero-order chi connectivity index (χ0) is 27.2. The molecule has 0 aromatic carbocycles. The van der Waals surface area contributed by atoms with E-state index >= 15 is 0 Å². The summed E-state index contributed by atoms with van der Waals surface area (Å²) in [6.45, 7) is 6.04. The summed E-state index contributed by atoms with van der Waals surface area (Å²) in [6, 6.07) is 1.48. The molecule has 1 saturated heterocycles. The number of nitrogens with zero attached hydrogens (tertiary/aromatic N) is 4. The van der Waals surface area contributed by atoms with Crippen LogP contribution in [-0.4, -0.2) is 49.3 Å². The van der Waals surface area contributed by atoms with Gasteiger partial charge in [-0.25, -0.2) is 18.7 Å². The Bertz CT molecular complexity index is 1120. The monoisotopic (exact) mass is 564 g/mol. The maximum atomic E-state index is 14.9. The number of piperidine rings is 1. The summed E-state index contributed by atoms with van der Waals surface area (Å²) in [4.78, 5) is 13.7. The number of halogens is 5. The number of alkyl halides is 5. The number of nitrogen functional groups attached to an aromatic ring is 1. The number of nitrogens with two attached hydrogens (primary N) is 1. The van der Waals surface area contributed by atoms with Gasteiger partial charge in [0.15, 0.2) is 11.5 Å². The number of rotatable bonds is 5. The van der Waals surface area contributed by atoms with Gasteiger partial charge in [0.05, 0.1) is 6.20 Å². The number of hydrogen-bond donors (Lipinski definition) is 2. The number of pyridine rings is 1. The van der Waals surface area contributed by atoms with Crippen molar-refractivity contribution in [2.24, 2.45) is 5.41 Å². The fourth-order valence-corrected chi connectivity index (χ4v) is 6.64. The first-order chi connectivity index (χ1) is 17.1. The third-order valence-electron chi connectivity index (χ3n) is 6.85. The molecule has 1 aliphatic carbocycles. The average molecular weight is 565 g/mol. The van der Waals surface area contributed by atoms with E-state index in [-0.39, 0.29) is 22.2 Å². The van der Waals surface area contributed by atoms with Gasteiger partial charge < -0.3 is 15.2 Å². The highest BCUT2D eigenvalue weighted by molar-refractivity contribution is 7.99. The van der Waals surface area contributed by atoms with Gasteiger partial charge in [-0.05, 0) is 57.6 Å². The van der Waals surface area contributed by atoms with Crippen LogP contribution in [0, 0.1) is 5.41 Å². The lowest BCUT2D eigenvalue weighted by Crippen LogP contribution is -2.58.